The van der Waals surface area contributed by atoms with Crippen LogP contribution in [0.5, 0.6) is 11.5 Å². The Morgan fingerprint density at radius 2 is 1.64 bits per heavy atom. The predicted octanol–water partition coefficient (Wildman–Crippen LogP) is 0.663. The predicted molar refractivity (Wildman–Crippen MR) is 101 cm³/mol. The number of piperazine rings is 1. The normalized spacial score (nSPS) is 13.7. The van der Waals surface area contributed by atoms with E-state index in [0.29, 0.717) is 57.3 Å². The van der Waals surface area contributed by atoms with Crippen LogP contribution in [-0.2, 0) is 20.7 Å². The zero-order valence-corrected chi connectivity index (χ0v) is 16.5. The van der Waals surface area contributed by atoms with Gasteiger partial charge < -0.3 is 29.3 Å². The van der Waals surface area contributed by atoms with Crippen LogP contribution in [-0.4, -0.2) is 81.3 Å². The molecule has 1 N–H and O–H groups in total. The van der Waals surface area contributed by atoms with E-state index in [2.05, 4.69) is 5.32 Å². The fourth-order valence-corrected chi connectivity index (χ4v) is 2.88. The molecule has 0 radical (unpaired) electrons. The highest BCUT2D eigenvalue weighted by molar-refractivity contribution is 6.35. The van der Waals surface area contributed by atoms with Gasteiger partial charge in [-0.05, 0) is 31.0 Å². The summed E-state index contributed by atoms with van der Waals surface area (Å²) >= 11 is 0. The number of ether oxygens (including phenoxy) is 3. The van der Waals surface area contributed by atoms with Gasteiger partial charge in [0.25, 0.3) is 0 Å². The highest BCUT2D eigenvalue weighted by Crippen LogP contribution is 2.27. The first-order valence-electron chi connectivity index (χ1n) is 9.19. The van der Waals surface area contributed by atoms with E-state index in [1.54, 1.807) is 27.2 Å². The third-order valence-corrected chi connectivity index (χ3v) is 4.43. The Labute approximate surface area is 164 Å². The molecule has 0 unspecified atom stereocenters. The maximum Gasteiger partial charge on any atom is 0.409 e. The molecule has 0 saturated carbocycles. The minimum atomic E-state index is -0.648. The van der Waals surface area contributed by atoms with Crippen LogP contribution in [0.15, 0.2) is 18.2 Å². The molecule has 0 atom stereocenters. The zero-order valence-electron chi connectivity index (χ0n) is 16.5. The molecule has 2 rings (SSSR count). The van der Waals surface area contributed by atoms with Gasteiger partial charge in [-0.15, -0.1) is 0 Å². The fourth-order valence-electron chi connectivity index (χ4n) is 2.88. The molecule has 28 heavy (non-hydrogen) atoms. The average Bonchev–Trinajstić information content (AvgIpc) is 2.73. The summed E-state index contributed by atoms with van der Waals surface area (Å²) in [5.74, 6) is 0.00943. The van der Waals surface area contributed by atoms with E-state index in [1.165, 1.54) is 9.80 Å². The van der Waals surface area contributed by atoms with Crippen LogP contribution in [0.3, 0.4) is 0 Å². The van der Waals surface area contributed by atoms with E-state index in [1.807, 2.05) is 12.1 Å². The van der Waals surface area contributed by atoms with Crippen molar-refractivity contribution in [2.24, 2.45) is 0 Å². The molecule has 0 spiro atoms. The van der Waals surface area contributed by atoms with Crippen molar-refractivity contribution in [3.63, 3.8) is 0 Å². The Hall–Kier alpha value is -2.97. The Balaban J connectivity index is 1.77. The minimum absolute atomic E-state index is 0.306. The van der Waals surface area contributed by atoms with Crippen molar-refractivity contribution in [1.82, 2.24) is 15.1 Å². The standard InChI is InChI=1S/C19H27N3O6/c1-4-28-19(25)22-11-9-21(10-12-22)18(24)17(23)20-8-7-14-5-6-15(26-2)16(13-14)27-3/h5-6,13H,4,7-12H2,1-3H3,(H,20,23). The molecular weight excluding hydrogens is 366 g/mol. The van der Waals surface area contributed by atoms with Gasteiger partial charge in [0, 0.05) is 32.7 Å². The summed E-state index contributed by atoms with van der Waals surface area (Å²) in [6.45, 7) is 3.68. The van der Waals surface area contributed by atoms with E-state index in [4.69, 9.17) is 14.2 Å². The van der Waals surface area contributed by atoms with Gasteiger partial charge in [-0.3, -0.25) is 9.59 Å². The van der Waals surface area contributed by atoms with E-state index in [-0.39, 0.29) is 0 Å². The second kappa shape index (κ2) is 10.4. The fraction of sp³-hybridized carbons (Fsp3) is 0.526. The van der Waals surface area contributed by atoms with E-state index >= 15 is 0 Å². The Morgan fingerprint density at radius 1 is 1.00 bits per heavy atom. The van der Waals surface area contributed by atoms with Crippen molar-refractivity contribution in [3.8, 4) is 11.5 Å². The van der Waals surface area contributed by atoms with Gasteiger partial charge in [0.05, 0.1) is 20.8 Å². The number of carbonyl (C=O) groups is 3. The molecule has 3 amide bonds. The molecule has 1 heterocycles. The average molecular weight is 393 g/mol. The van der Waals surface area contributed by atoms with Crippen LogP contribution in [0.25, 0.3) is 0 Å². The lowest BCUT2D eigenvalue weighted by atomic mass is 10.1. The molecule has 0 aromatic heterocycles. The lowest BCUT2D eigenvalue weighted by Gasteiger charge is -2.33. The van der Waals surface area contributed by atoms with Gasteiger partial charge in [0.1, 0.15) is 0 Å². The van der Waals surface area contributed by atoms with Gasteiger partial charge in [-0.1, -0.05) is 6.07 Å². The summed E-state index contributed by atoms with van der Waals surface area (Å²) in [6.07, 6.45) is 0.157. The van der Waals surface area contributed by atoms with Crippen LogP contribution in [0.1, 0.15) is 12.5 Å². The first-order valence-corrected chi connectivity index (χ1v) is 9.19. The second-order valence-corrected chi connectivity index (χ2v) is 6.17. The van der Waals surface area contributed by atoms with E-state index < -0.39 is 17.9 Å². The molecule has 1 saturated heterocycles. The maximum atomic E-state index is 12.3. The number of hydrogen-bond donors (Lipinski definition) is 1. The third kappa shape index (κ3) is 5.51. The zero-order chi connectivity index (χ0) is 20.5. The number of rotatable bonds is 6. The van der Waals surface area contributed by atoms with Gasteiger partial charge in [-0.25, -0.2) is 4.79 Å². The molecule has 1 fully saturated rings. The molecule has 1 aliphatic heterocycles. The summed E-state index contributed by atoms with van der Waals surface area (Å²) in [7, 11) is 3.12. The first kappa shape index (κ1) is 21.3. The van der Waals surface area contributed by atoms with Crippen molar-refractivity contribution in [3.05, 3.63) is 23.8 Å². The lowest BCUT2D eigenvalue weighted by molar-refractivity contribution is -0.146. The van der Waals surface area contributed by atoms with Crippen molar-refractivity contribution in [2.75, 3.05) is 53.6 Å². The number of nitrogens with one attached hydrogen (secondary N) is 1. The molecular formula is C19H27N3O6. The number of methoxy groups -OCH3 is 2. The molecule has 9 nitrogen and oxygen atoms in total. The smallest absolute Gasteiger partial charge is 0.409 e. The highest BCUT2D eigenvalue weighted by atomic mass is 16.6. The molecule has 154 valence electrons. The van der Waals surface area contributed by atoms with E-state index in [0.717, 1.165) is 5.56 Å². The molecule has 9 heteroatoms. The van der Waals surface area contributed by atoms with Crippen LogP contribution in [0, 0.1) is 0 Å². The maximum absolute atomic E-state index is 12.3. The Morgan fingerprint density at radius 3 is 2.25 bits per heavy atom. The van der Waals surface area contributed by atoms with Gasteiger partial charge >= 0.3 is 17.9 Å². The van der Waals surface area contributed by atoms with Crippen LogP contribution < -0.4 is 14.8 Å². The monoisotopic (exact) mass is 393 g/mol. The summed E-state index contributed by atoms with van der Waals surface area (Å²) in [5, 5.41) is 2.64. The lowest BCUT2D eigenvalue weighted by Crippen LogP contribution is -2.54. The SMILES string of the molecule is CCOC(=O)N1CCN(C(=O)C(=O)NCCc2ccc(OC)c(OC)c2)CC1. The quantitative estimate of drug-likeness (QED) is 0.714. The molecule has 0 bridgehead atoms. The number of hydrogen-bond acceptors (Lipinski definition) is 6. The number of nitrogens with zero attached hydrogens (tertiary/aromatic N) is 2. The molecule has 1 aromatic rings. The van der Waals surface area contributed by atoms with Crippen molar-refractivity contribution in [1.29, 1.82) is 0 Å². The Bertz CT molecular complexity index is 701. The Kier molecular flexibility index (Phi) is 7.91. The van der Waals surface area contributed by atoms with E-state index in [9.17, 15) is 14.4 Å². The molecule has 1 aromatic carbocycles. The molecule has 1 aliphatic rings. The third-order valence-electron chi connectivity index (χ3n) is 4.43. The van der Waals surface area contributed by atoms with Crippen LogP contribution >= 0.6 is 0 Å². The van der Waals surface area contributed by atoms with Crippen LogP contribution in [0.4, 0.5) is 4.79 Å². The van der Waals surface area contributed by atoms with Gasteiger partial charge in [0.15, 0.2) is 11.5 Å². The minimum Gasteiger partial charge on any atom is -0.493 e. The summed E-state index contributed by atoms with van der Waals surface area (Å²) in [4.78, 5) is 39.0. The largest absolute Gasteiger partial charge is 0.493 e. The topological polar surface area (TPSA) is 97.4 Å². The highest BCUT2D eigenvalue weighted by Gasteiger charge is 2.28. The van der Waals surface area contributed by atoms with Crippen molar-refractivity contribution < 1.29 is 28.6 Å². The number of amides is 3. The summed E-state index contributed by atoms with van der Waals surface area (Å²) < 4.78 is 15.4. The number of carbonyl (C=O) groups excluding carboxylic acids is 3. The first-order chi connectivity index (χ1) is 13.5. The second-order valence-electron chi connectivity index (χ2n) is 6.17. The summed E-state index contributed by atoms with van der Waals surface area (Å²) in [5.41, 5.74) is 0.952. The number of benzene rings is 1. The molecule has 0 aliphatic carbocycles. The van der Waals surface area contributed by atoms with Crippen molar-refractivity contribution in [2.45, 2.75) is 13.3 Å². The van der Waals surface area contributed by atoms with Gasteiger partial charge in [-0.2, -0.15) is 0 Å². The van der Waals surface area contributed by atoms with Crippen LogP contribution in [0.2, 0.25) is 0 Å². The van der Waals surface area contributed by atoms with Crippen molar-refractivity contribution >= 4 is 17.9 Å². The van der Waals surface area contributed by atoms with Gasteiger partial charge in [0.2, 0.25) is 0 Å². The summed E-state index contributed by atoms with van der Waals surface area (Å²) in [6, 6.07) is 5.51.